The lowest BCUT2D eigenvalue weighted by Crippen LogP contribution is -2.56. The summed E-state index contributed by atoms with van der Waals surface area (Å²) in [6.45, 7) is 8.12. The largest absolute Gasteiger partial charge is 0.454 e. The van der Waals surface area contributed by atoms with Crippen LogP contribution in [-0.2, 0) is 18.5 Å². The number of rotatable bonds is 5. The number of aromatic nitrogens is 2. The summed E-state index contributed by atoms with van der Waals surface area (Å²) < 4.78 is 11.0. The lowest BCUT2D eigenvalue weighted by Gasteiger charge is -2.50. The number of likely N-dealkylation sites (tertiary alicyclic amines) is 1. The van der Waals surface area contributed by atoms with Crippen molar-refractivity contribution in [1.29, 1.82) is 0 Å². The van der Waals surface area contributed by atoms with E-state index in [9.17, 15) is 0 Å². The zero-order valence-electron chi connectivity index (χ0n) is 16.7. The summed E-state index contributed by atoms with van der Waals surface area (Å²) in [6, 6.07) is 6.33. The number of nitrogens with one attached hydrogen (secondary N) is 1. The molecule has 0 atom stereocenters. The van der Waals surface area contributed by atoms with Crippen molar-refractivity contribution >= 4 is 0 Å². The van der Waals surface area contributed by atoms with Crippen LogP contribution in [0.5, 0.6) is 11.5 Å². The van der Waals surface area contributed by atoms with Gasteiger partial charge in [0, 0.05) is 38.3 Å². The first kappa shape index (κ1) is 18.0. The highest BCUT2D eigenvalue weighted by molar-refractivity contribution is 5.44. The molecule has 1 saturated heterocycles. The van der Waals surface area contributed by atoms with Crippen molar-refractivity contribution in [2.75, 3.05) is 33.0 Å². The van der Waals surface area contributed by atoms with Crippen molar-refractivity contribution < 1.29 is 9.47 Å². The smallest absolute Gasteiger partial charge is 0.231 e. The maximum atomic E-state index is 5.54. The zero-order chi connectivity index (χ0) is 19.0. The van der Waals surface area contributed by atoms with Gasteiger partial charge in [-0.25, -0.2) is 4.98 Å². The Morgan fingerprint density at radius 2 is 2.00 bits per heavy atom. The maximum absolute atomic E-state index is 5.54. The molecule has 3 aliphatic heterocycles. The second-order valence-electron chi connectivity index (χ2n) is 8.32. The van der Waals surface area contributed by atoms with Gasteiger partial charge in [0.15, 0.2) is 11.5 Å². The Morgan fingerprint density at radius 3 is 2.86 bits per heavy atom. The minimum atomic E-state index is 0.119. The van der Waals surface area contributed by atoms with Crippen molar-refractivity contribution in [3.63, 3.8) is 0 Å². The minimum Gasteiger partial charge on any atom is -0.454 e. The second-order valence-corrected chi connectivity index (χ2v) is 8.32. The Balaban J connectivity index is 1.30. The molecule has 150 valence electrons. The number of piperidine rings is 1. The van der Waals surface area contributed by atoms with Gasteiger partial charge in [0.25, 0.3) is 0 Å². The topological polar surface area (TPSA) is 53.6 Å². The summed E-state index contributed by atoms with van der Waals surface area (Å²) >= 11 is 0. The molecule has 1 N–H and O–H groups in total. The number of H-pyrrole nitrogens is 1. The summed E-state index contributed by atoms with van der Waals surface area (Å²) in [5.74, 6) is 1.74. The molecule has 5 rings (SSSR count). The number of benzene rings is 1. The molecule has 0 saturated carbocycles. The summed E-state index contributed by atoms with van der Waals surface area (Å²) in [4.78, 5) is 13.5. The SMILES string of the molecule is CCCCN1CCc2[nH]cnc2C12CCN(Cc1ccc3c(c1)OCO3)CC2. The number of hydrogen-bond acceptors (Lipinski definition) is 5. The molecule has 0 unspecified atom stereocenters. The highest BCUT2D eigenvalue weighted by atomic mass is 16.7. The number of unbranched alkanes of at least 4 members (excludes halogenated alkanes) is 1. The van der Waals surface area contributed by atoms with Crippen molar-refractivity contribution in [2.24, 2.45) is 0 Å². The third-order valence-electron chi connectivity index (χ3n) is 6.70. The molecule has 0 amide bonds. The van der Waals surface area contributed by atoms with Crippen LogP contribution in [0.1, 0.15) is 49.6 Å². The molecule has 0 bridgehead atoms. The van der Waals surface area contributed by atoms with E-state index in [2.05, 4.69) is 33.8 Å². The predicted octanol–water partition coefficient (Wildman–Crippen LogP) is 3.29. The molecule has 1 spiro atoms. The van der Waals surface area contributed by atoms with Gasteiger partial charge in [0.2, 0.25) is 6.79 Å². The van der Waals surface area contributed by atoms with Gasteiger partial charge >= 0.3 is 0 Å². The number of aromatic amines is 1. The van der Waals surface area contributed by atoms with E-state index in [0.717, 1.165) is 56.9 Å². The van der Waals surface area contributed by atoms with Crippen molar-refractivity contribution in [3.8, 4) is 11.5 Å². The third-order valence-corrected chi connectivity index (χ3v) is 6.70. The van der Waals surface area contributed by atoms with Crippen LogP contribution in [0.4, 0.5) is 0 Å². The Hall–Kier alpha value is -2.05. The normalized spacial score (nSPS) is 21.2. The van der Waals surface area contributed by atoms with E-state index < -0.39 is 0 Å². The monoisotopic (exact) mass is 382 g/mol. The molecule has 4 heterocycles. The van der Waals surface area contributed by atoms with Crippen molar-refractivity contribution in [2.45, 2.75) is 51.1 Å². The highest BCUT2D eigenvalue weighted by Gasteiger charge is 2.46. The Morgan fingerprint density at radius 1 is 1.14 bits per heavy atom. The van der Waals surface area contributed by atoms with E-state index in [4.69, 9.17) is 14.5 Å². The van der Waals surface area contributed by atoms with E-state index in [0.29, 0.717) is 6.79 Å². The molecule has 1 aromatic carbocycles. The Labute approximate surface area is 166 Å². The zero-order valence-corrected chi connectivity index (χ0v) is 16.7. The number of ether oxygens (including phenoxy) is 2. The van der Waals surface area contributed by atoms with E-state index in [1.54, 1.807) is 0 Å². The van der Waals surface area contributed by atoms with Gasteiger partial charge < -0.3 is 14.5 Å². The van der Waals surface area contributed by atoms with Crippen LogP contribution in [0.15, 0.2) is 24.5 Å². The molecule has 6 heteroatoms. The lowest BCUT2D eigenvalue weighted by atomic mass is 9.78. The molecule has 3 aliphatic rings. The van der Waals surface area contributed by atoms with Crippen LogP contribution in [0.2, 0.25) is 0 Å². The van der Waals surface area contributed by atoms with Crippen LogP contribution in [0, 0.1) is 0 Å². The molecule has 0 radical (unpaired) electrons. The third kappa shape index (κ3) is 3.08. The fourth-order valence-corrected chi connectivity index (χ4v) is 5.13. The molecule has 0 aliphatic carbocycles. The summed E-state index contributed by atoms with van der Waals surface area (Å²) in [6.07, 6.45) is 7.81. The predicted molar refractivity (Wildman–Crippen MR) is 108 cm³/mol. The molecule has 6 nitrogen and oxygen atoms in total. The number of hydrogen-bond donors (Lipinski definition) is 1. The van der Waals surface area contributed by atoms with Crippen LogP contribution in [0.25, 0.3) is 0 Å². The van der Waals surface area contributed by atoms with Crippen molar-refractivity contribution in [1.82, 2.24) is 19.8 Å². The van der Waals surface area contributed by atoms with Gasteiger partial charge in [0.1, 0.15) is 0 Å². The molecular weight excluding hydrogens is 352 g/mol. The first-order valence-electron chi connectivity index (χ1n) is 10.7. The summed E-state index contributed by atoms with van der Waals surface area (Å²) in [5.41, 5.74) is 4.09. The van der Waals surface area contributed by atoms with Gasteiger partial charge in [-0.15, -0.1) is 0 Å². The molecule has 1 fully saturated rings. The Bertz CT molecular complexity index is 826. The van der Waals surface area contributed by atoms with Gasteiger partial charge in [-0.05, 0) is 43.5 Å². The van der Waals surface area contributed by atoms with Crippen LogP contribution < -0.4 is 9.47 Å². The van der Waals surface area contributed by atoms with E-state index in [1.807, 2.05) is 12.4 Å². The standard InChI is InChI=1S/C22H30N4O2/c1-2-3-9-26-10-6-18-21(24-15-23-18)22(26)7-11-25(12-8-22)14-17-4-5-19-20(13-17)28-16-27-19/h4-5,13,15H,2-3,6-12,14,16H2,1H3,(H,23,24). The number of imidazole rings is 1. The van der Waals surface area contributed by atoms with E-state index in [-0.39, 0.29) is 5.54 Å². The molecule has 28 heavy (non-hydrogen) atoms. The van der Waals surface area contributed by atoms with Gasteiger partial charge in [-0.1, -0.05) is 19.4 Å². The van der Waals surface area contributed by atoms with Gasteiger partial charge in [-0.2, -0.15) is 0 Å². The molecular formula is C22H30N4O2. The van der Waals surface area contributed by atoms with Crippen LogP contribution in [0.3, 0.4) is 0 Å². The number of fused-ring (bicyclic) bond motifs is 3. The summed E-state index contributed by atoms with van der Waals surface area (Å²) in [7, 11) is 0. The fourth-order valence-electron chi connectivity index (χ4n) is 5.13. The van der Waals surface area contributed by atoms with E-state index in [1.165, 1.54) is 36.3 Å². The lowest BCUT2D eigenvalue weighted by molar-refractivity contribution is 0.00264. The minimum absolute atomic E-state index is 0.119. The van der Waals surface area contributed by atoms with E-state index >= 15 is 0 Å². The first-order chi connectivity index (χ1) is 13.8. The fraction of sp³-hybridized carbons (Fsp3) is 0.591. The molecule has 1 aromatic heterocycles. The maximum Gasteiger partial charge on any atom is 0.231 e. The molecule has 2 aromatic rings. The Kier molecular flexibility index (Phi) is 4.77. The van der Waals surface area contributed by atoms with Gasteiger partial charge in [0.05, 0.1) is 17.6 Å². The van der Waals surface area contributed by atoms with Crippen LogP contribution in [-0.4, -0.2) is 52.7 Å². The van der Waals surface area contributed by atoms with Crippen molar-refractivity contribution in [3.05, 3.63) is 41.5 Å². The average Bonchev–Trinajstić information content (AvgIpc) is 3.38. The van der Waals surface area contributed by atoms with Crippen LogP contribution >= 0.6 is 0 Å². The average molecular weight is 383 g/mol. The number of nitrogens with zero attached hydrogens (tertiary/aromatic N) is 3. The first-order valence-corrected chi connectivity index (χ1v) is 10.7. The summed E-state index contributed by atoms with van der Waals surface area (Å²) in [5, 5.41) is 0. The van der Waals surface area contributed by atoms with Gasteiger partial charge in [-0.3, -0.25) is 9.80 Å². The highest BCUT2D eigenvalue weighted by Crippen LogP contribution is 2.42. The quantitative estimate of drug-likeness (QED) is 0.860. The second kappa shape index (κ2) is 7.41.